The second kappa shape index (κ2) is 5.89. The number of aromatic carboxylic acids is 1. The fourth-order valence-corrected chi connectivity index (χ4v) is 2.52. The highest BCUT2D eigenvalue weighted by Gasteiger charge is 2.20. The first-order valence-electron chi connectivity index (χ1n) is 5.36. The summed E-state index contributed by atoms with van der Waals surface area (Å²) in [6.45, 7) is 0.217. The average Bonchev–Trinajstić information content (AvgIpc) is 2.81. The highest BCUT2D eigenvalue weighted by Crippen LogP contribution is 2.26. The molecule has 0 fully saturated rings. The molecule has 6 nitrogen and oxygen atoms in total. The highest BCUT2D eigenvalue weighted by atomic mass is 35.5. The summed E-state index contributed by atoms with van der Waals surface area (Å²) < 4.78 is 6.02. The lowest BCUT2D eigenvalue weighted by atomic mass is 10.1. The minimum absolute atomic E-state index is 0.217. The van der Waals surface area contributed by atoms with Gasteiger partial charge in [0.05, 0.1) is 9.26 Å². The molecule has 0 unspecified atom stereocenters. The Kier molecular flexibility index (Phi) is 4.21. The van der Waals surface area contributed by atoms with Gasteiger partial charge in [-0.25, -0.2) is 4.79 Å². The number of carbonyl (C=O) groups is 1. The Labute approximate surface area is 122 Å². The molecule has 1 heterocycles. The van der Waals surface area contributed by atoms with E-state index in [2.05, 4.69) is 0 Å². The van der Waals surface area contributed by atoms with Crippen molar-refractivity contribution in [3.05, 3.63) is 55.2 Å². The molecule has 1 aromatic heterocycles. The van der Waals surface area contributed by atoms with Gasteiger partial charge in [-0.2, -0.15) is 0 Å². The van der Waals surface area contributed by atoms with Crippen LogP contribution in [0.25, 0.3) is 0 Å². The third-order valence-corrected chi connectivity index (χ3v) is 3.61. The molecule has 8 heteroatoms. The van der Waals surface area contributed by atoms with Crippen LogP contribution in [0.3, 0.4) is 0 Å². The zero-order valence-corrected chi connectivity index (χ0v) is 11.5. The first kappa shape index (κ1) is 14.3. The van der Waals surface area contributed by atoms with Gasteiger partial charge < -0.3 is 9.84 Å². The summed E-state index contributed by atoms with van der Waals surface area (Å²) in [6, 6.07) is 7.12. The van der Waals surface area contributed by atoms with Crippen molar-refractivity contribution in [3.8, 4) is 5.75 Å². The number of rotatable bonds is 5. The number of thiophene rings is 1. The molecule has 0 radical (unpaired) electrons. The maximum Gasteiger partial charge on any atom is 0.342 e. The van der Waals surface area contributed by atoms with E-state index in [0.717, 1.165) is 17.0 Å². The molecular weight excluding hydrogens is 306 g/mol. The molecule has 104 valence electrons. The minimum atomic E-state index is -1.37. The molecule has 0 amide bonds. The molecule has 2 aromatic rings. The molecule has 20 heavy (non-hydrogen) atoms. The third-order valence-electron chi connectivity index (χ3n) is 2.41. The maximum atomic E-state index is 11.0. The number of carboxylic acid groups (broad SMARTS) is 1. The number of nitro groups is 1. The molecule has 0 spiro atoms. The van der Waals surface area contributed by atoms with Crippen LogP contribution in [0.1, 0.15) is 15.2 Å². The Morgan fingerprint density at radius 3 is 2.70 bits per heavy atom. The fourth-order valence-electron chi connectivity index (χ4n) is 1.52. The van der Waals surface area contributed by atoms with Crippen LogP contribution in [0.5, 0.6) is 5.75 Å². The lowest BCUT2D eigenvalue weighted by Crippen LogP contribution is -2.03. The number of nitrogens with zero attached hydrogens (tertiary/aromatic N) is 1. The van der Waals surface area contributed by atoms with E-state index in [-0.39, 0.29) is 12.4 Å². The largest absolute Gasteiger partial charge is 0.488 e. The molecule has 0 aliphatic carbocycles. The van der Waals surface area contributed by atoms with E-state index >= 15 is 0 Å². The van der Waals surface area contributed by atoms with E-state index in [1.165, 1.54) is 17.4 Å². The summed E-state index contributed by atoms with van der Waals surface area (Å²) >= 11 is 7.12. The van der Waals surface area contributed by atoms with Crippen LogP contribution < -0.4 is 4.74 Å². The summed E-state index contributed by atoms with van der Waals surface area (Å²) in [7, 11) is 0. The second-order valence-electron chi connectivity index (χ2n) is 3.74. The Hall–Kier alpha value is -2.12. The number of carboxylic acids is 1. The van der Waals surface area contributed by atoms with E-state index in [0.29, 0.717) is 4.34 Å². The van der Waals surface area contributed by atoms with Gasteiger partial charge in [0.2, 0.25) is 0 Å². The molecule has 1 aromatic carbocycles. The average molecular weight is 314 g/mol. The van der Waals surface area contributed by atoms with Gasteiger partial charge in [0.15, 0.2) is 0 Å². The van der Waals surface area contributed by atoms with Crippen molar-refractivity contribution in [1.29, 1.82) is 0 Å². The van der Waals surface area contributed by atoms with Crippen LogP contribution in [0.15, 0.2) is 30.3 Å². The van der Waals surface area contributed by atoms with E-state index < -0.39 is 22.1 Å². The molecule has 1 N–H and O–H groups in total. The van der Waals surface area contributed by atoms with E-state index in [1.807, 2.05) is 0 Å². The summed E-state index contributed by atoms with van der Waals surface area (Å²) in [4.78, 5) is 21.8. The van der Waals surface area contributed by atoms with Gasteiger partial charge in [-0.05, 0) is 18.2 Å². The molecule has 0 bridgehead atoms. The lowest BCUT2D eigenvalue weighted by Gasteiger charge is -2.05. The molecule has 0 aliphatic rings. The van der Waals surface area contributed by atoms with Crippen LogP contribution in [0.2, 0.25) is 4.34 Å². The monoisotopic (exact) mass is 313 g/mol. The van der Waals surface area contributed by atoms with Crippen LogP contribution in [-0.2, 0) is 6.61 Å². The van der Waals surface area contributed by atoms with Crippen molar-refractivity contribution in [2.45, 2.75) is 6.61 Å². The van der Waals surface area contributed by atoms with E-state index in [9.17, 15) is 14.9 Å². The van der Waals surface area contributed by atoms with Gasteiger partial charge in [0.1, 0.15) is 17.9 Å². The van der Waals surface area contributed by atoms with Gasteiger partial charge in [0, 0.05) is 17.0 Å². The Bertz CT molecular complexity index is 670. The Balaban J connectivity index is 2.18. The van der Waals surface area contributed by atoms with Crippen molar-refractivity contribution in [2.75, 3.05) is 0 Å². The molecule has 0 saturated heterocycles. The molecule has 2 rings (SSSR count). The number of ether oxygens (including phenoxy) is 1. The molecule has 0 aliphatic heterocycles. The predicted octanol–water partition coefficient (Wildman–Crippen LogP) is 3.59. The van der Waals surface area contributed by atoms with E-state index in [4.69, 9.17) is 21.4 Å². The normalized spacial score (nSPS) is 10.2. The topological polar surface area (TPSA) is 89.7 Å². The van der Waals surface area contributed by atoms with Gasteiger partial charge in [-0.3, -0.25) is 10.1 Å². The second-order valence-corrected chi connectivity index (χ2v) is 5.54. The fraction of sp³-hybridized carbons (Fsp3) is 0.0833. The summed E-state index contributed by atoms with van der Waals surface area (Å²) in [5.41, 5.74) is -0.874. The van der Waals surface area contributed by atoms with E-state index in [1.54, 1.807) is 12.1 Å². The lowest BCUT2D eigenvalue weighted by molar-refractivity contribution is -0.385. The number of hydrogen-bond acceptors (Lipinski definition) is 5. The van der Waals surface area contributed by atoms with Crippen LogP contribution >= 0.6 is 22.9 Å². The van der Waals surface area contributed by atoms with Crippen LogP contribution in [0, 0.1) is 10.1 Å². The molecule has 0 saturated carbocycles. The Morgan fingerprint density at radius 1 is 1.40 bits per heavy atom. The van der Waals surface area contributed by atoms with Crippen molar-refractivity contribution in [3.63, 3.8) is 0 Å². The SMILES string of the molecule is O=C(O)c1cc(OCc2ccc(Cl)s2)ccc1[N+](=O)[O-]. The summed E-state index contributed by atoms with van der Waals surface area (Å²) in [5.74, 6) is -1.13. The summed E-state index contributed by atoms with van der Waals surface area (Å²) in [5, 5.41) is 19.7. The smallest absolute Gasteiger partial charge is 0.342 e. The number of halogens is 1. The van der Waals surface area contributed by atoms with Crippen molar-refractivity contribution >= 4 is 34.6 Å². The van der Waals surface area contributed by atoms with Gasteiger partial charge >= 0.3 is 5.97 Å². The number of hydrogen-bond donors (Lipinski definition) is 1. The number of benzene rings is 1. The van der Waals surface area contributed by atoms with Crippen molar-refractivity contribution < 1.29 is 19.6 Å². The van der Waals surface area contributed by atoms with Crippen LogP contribution in [-0.4, -0.2) is 16.0 Å². The van der Waals surface area contributed by atoms with Gasteiger partial charge in [-0.15, -0.1) is 11.3 Å². The van der Waals surface area contributed by atoms with Gasteiger partial charge in [0.25, 0.3) is 5.69 Å². The number of nitro benzene ring substituents is 1. The van der Waals surface area contributed by atoms with Gasteiger partial charge in [-0.1, -0.05) is 11.6 Å². The first-order valence-corrected chi connectivity index (χ1v) is 6.55. The standard InChI is InChI=1S/C12H8ClNO5S/c13-11-4-2-8(20-11)6-19-7-1-3-10(14(17)18)9(5-7)12(15)16/h1-5H,6H2,(H,15,16). The minimum Gasteiger partial charge on any atom is -0.488 e. The van der Waals surface area contributed by atoms with Crippen molar-refractivity contribution in [1.82, 2.24) is 0 Å². The molecular formula is C12H8ClNO5S. The Morgan fingerprint density at radius 2 is 2.15 bits per heavy atom. The third kappa shape index (κ3) is 3.25. The summed E-state index contributed by atoms with van der Waals surface area (Å²) in [6.07, 6.45) is 0. The zero-order valence-electron chi connectivity index (χ0n) is 9.91. The zero-order chi connectivity index (χ0) is 14.7. The first-order chi connectivity index (χ1) is 9.47. The quantitative estimate of drug-likeness (QED) is 0.673. The molecule has 0 atom stereocenters. The van der Waals surface area contributed by atoms with Crippen LogP contribution in [0.4, 0.5) is 5.69 Å². The van der Waals surface area contributed by atoms with Crippen molar-refractivity contribution in [2.24, 2.45) is 0 Å². The predicted molar refractivity (Wildman–Crippen MR) is 73.7 cm³/mol. The highest BCUT2D eigenvalue weighted by molar-refractivity contribution is 7.16. The maximum absolute atomic E-state index is 11.0.